The van der Waals surface area contributed by atoms with Gasteiger partial charge in [0.1, 0.15) is 0 Å². The van der Waals surface area contributed by atoms with E-state index < -0.39 is 0 Å². The predicted molar refractivity (Wildman–Crippen MR) is 90.5 cm³/mol. The van der Waals surface area contributed by atoms with Crippen molar-refractivity contribution in [1.29, 1.82) is 0 Å². The zero-order chi connectivity index (χ0) is 14.5. The van der Waals surface area contributed by atoms with Crippen molar-refractivity contribution in [2.24, 2.45) is 0 Å². The molecule has 0 bridgehead atoms. The second-order valence-electron chi connectivity index (χ2n) is 5.62. The van der Waals surface area contributed by atoms with Crippen LogP contribution in [0.4, 0.5) is 0 Å². The number of rotatable bonds is 4. The summed E-state index contributed by atoms with van der Waals surface area (Å²) in [6, 6.07) is 15.0. The summed E-state index contributed by atoms with van der Waals surface area (Å²) in [5, 5.41) is 2.55. The monoisotopic (exact) mass is 299 g/mol. The Balaban J connectivity index is 1.53. The van der Waals surface area contributed by atoms with E-state index in [1.54, 1.807) is 11.8 Å². The molecule has 0 spiro atoms. The maximum Gasteiger partial charge on any atom is 0.232 e. The van der Waals surface area contributed by atoms with E-state index in [9.17, 15) is 4.79 Å². The maximum absolute atomic E-state index is 12.1. The van der Waals surface area contributed by atoms with Crippen molar-refractivity contribution in [2.45, 2.75) is 25.0 Å². The number of carbonyl (C=O) groups excluding carboxylic acids is 1. The Hall–Kier alpha value is -1.48. The van der Waals surface area contributed by atoms with E-state index in [0.29, 0.717) is 11.7 Å². The number of likely N-dealkylation sites (tertiary alicyclic amines) is 1. The molecule has 1 amide bonds. The van der Waals surface area contributed by atoms with Gasteiger partial charge in [-0.1, -0.05) is 42.5 Å². The molecule has 1 saturated heterocycles. The van der Waals surface area contributed by atoms with E-state index in [-0.39, 0.29) is 0 Å². The minimum absolute atomic E-state index is 0.306. The molecule has 2 aromatic carbocycles. The lowest BCUT2D eigenvalue weighted by Crippen LogP contribution is -2.36. The summed E-state index contributed by atoms with van der Waals surface area (Å²) in [7, 11) is 0. The minimum atomic E-state index is 0.306. The van der Waals surface area contributed by atoms with E-state index >= 15 is 0 Å². The highest BCUT2D eigenvalue weighted by atomic mass is 32.2. The van der Waals surface area contributed by atoms with Crippen molar-refractivity contribution < 1.29 is 4.79 Å². The Morgan fingerprint density at radius 1 is 1.00 bits per heavy atom. The number of nitrogens with zero attached hydrogens (tertiary/aromatic N) is 1. The molecule has 0 radical (unpaired) electrons. The summed E-state index contributed by atoms with van der Waals surface area (Å²) < 4.78 is 0. The molecular weight excluding hydrogens is 278 g/mol. The quantitative estimate of drug-likeness (QED) is 0.847. The lowest BCUT2D eigenvalue weighted by Gasteiger charge is -2.26. The summed E-state index contributed by atoms with van der Waals surface area (Å²) >= 11 is 1.73. The molecule has 1 aliphatic rings. The number of thioether (sulfide) groups is 1. The van der Waals surface area contributed by atoms with Crippen molar-refractivity contribution in [3.05, 3.63) is 48.0 Å². The van der Waals surface area contributed by atoms with E-state index in [2.05, 4.69) is 42.5 Å². The second-order valence-corrected chi connectivity index (χ2v) is 6.60. The van der Waals surface area contributed by atoms with Crippen LogP contribution >= 0.6 is 11.8 Å². The van der Waals surface area contributed by atoms with E-state index in [1.165, 1.54) is 35.6 Å². The Morgan fingerprint density at radius 3 is 2.57 bits per heavy atom. The molecule has 0 N–H and O–H groups in total. The van der Waals surface area contributed by atoms with Crippen molar-refractivity contribution in [2.75, 3.05) is 18.8 Å². The molecule has 1 heterocycles. The van der Waals surface area contributed by atoms with E-state index in [0.717, 1.165) is 18.8 Å². The van der Waals surface area contributed by atoms with Gasteiger partial charge in [0.25, 0.3) is 0 Å². The Labute approximate surface area is 130 Å². The first-order valence-corrected chi connectivity index (χ1v) is 8.81. The molecule has 0 atom stereocenters. The van der Waals surface area contributed by atoms with Gasteiger partial charge in [-0.2, -0.15) is 0 Å². The molecule has 0 aliphatic carbocycles. The molecule has 1 aliphatic heterocycles. The van der Waals surface area contributed by atoms with Gasteiger partial charge in [-0.05, 0) is 35.6 Å². The largest absolute Gasteiger partial charge is 0.342 e. The molecule has 2 aromatic rings. The fourth-order valence-electron chi connectivity index (χ4n) is 2.82. The first kappa shape index (κ1) is 14.5. The van der Waals surface area contributed by atoms with Crippen molar-refractivity contribution in [3.8, 4) is 0 Å². The molecule has 1 fully saturated rings. The van der Waals surface area contributed by atoms with Gasteiger partial charge in [0.05, 0.1) is 5.75 Å². The fraction of sp³-hybridized carbons (Fsp3) is 0.389. The third-order valence-electron chi connectivity index (χ3n) is 4.02. The molecule has 0 aromatic heterocycles. The van der Waals surface area contributed by atoms with Crippen molar-refractivity contribution in [1.82, 2.24) is 4.90 Å². The minimum Gasteiger partial charge on any atom is -0.342 e. The van der Waals surface area contributed by atoms with Crippen LogP contribution in [0.5, 0.6) is 0 Å². The number of hydrogen-bond donors (Lipinski definition) is 0. The topological polar surface area (TPSA) is 20.3 Å². The molecule has 2 nitrogen and oxygen atoms in total. The summed E-state index contributed by atoms with van der Waals surface area (Å²) in [4.78, 5) is 14.1. The van der Waals surface area contributed by atoms with Gasteiger partial charge in [-0.15, -0.1) is 11.8 Å². The Kier molecular flexibility index (Phi) is 4.81. The van der Waals surface area contributed by atoms with Crippen LogP contribution in [0.1, 0.15) is 24.8 Å². The molecule has 0 saturated carbocycles. The molecule has 21 heavy (non-hydrogen) atoms. The second kappa shape index (κ2) is 6.99. The lowest BCUT2D eigenvalue weighted by molar-refractivity contribution is -0.129. The number of carbonyl (C=O) groups is 1. The van der Waals surface area contributed by atoms with Crippen LogP contribution in [-0.4, -0.2) is 29.6 Å². The third kappa shape index (κ3) is 3.79. The Bertz CT molecular complexity index is 619. The van der Waals surface area contributed by atoms with E-state index in [1.807, 2.05) is 4.90 Å². The van der Waals surface area contributed by atoms with Crippen LogP contribution < -0.4 is 0 Å². The van der Waals surface area contributed by atoms with Crippen LogP contribution in [0.25, 0.3) is 10.8 Å². The predicted octanol–water partition coefficient (Wildman–Crippen LogP) is 4.09. The highest BCUT2D eigenvalue weighted by Crippen LogP contribution is 2.20. The molecule has 110 valence electrons. The van der Waals surface area contributed by atoms with Gasteiger partial charge in [-0.3, -0.25) is 4.79 Å². The zero-order valence-corrected chi connectivity index (χ0v) is 13.1. The van der Waals surface area contributed by atoms with Gasteiger partial charge < -0.3 is 4.90 Å². The average molecular weight is 299 g/mol. The summed E-state index contributed by atoms with van der Waals surface area (Å²) in [6.07, 6.45) is 3.61. The standard InChI is InChI=1S/C18H21NOS/c20-18(19-10-4-1-5-11-19)14-21-13-15-8-9-16-6-2-3-7-17(16)12-15/h2-3,6-9,12H,1,4-5,10-11,13-14H2. The van der Waals surface area contributed by atoms with Gasteiger partial charge in [-0.25, -0.2) is 0 Å². The van der Waals surface area contributed by atoms with Crippen LogP contribution in [0.2, 0.25) is 0 Å². The number of fused-ring (bicyclic) bond motifs is 1. The molecule has 3 heteroatoms. The van der Waals surface area contributed by atoms with Crippen LogP contribution in [0.3, 0.4) is 0 Å². The first-order valence-electron chi connectivity index (χ1n) is 7.66. The number of piperidine rings is 1. The smallest absolute Gasteiger partial charge is 0.232 e. The fourth-order valence-corrected chi connectivity index (χ4v) is 3.69. The normalized spacial score (nSPS) is 15.3. The van der Waals surface area contributed by atoms with Crippen LogP contribution in [0.15, 0.2) is 42.5 Å². The summed E-state index contributed by atoms with van der Waals surface area (Å²) in [5.74, 6) is 1.82. The van der Waals surface area contributed by atoms with Gasteiger partial charge in [0.15, 0.2) is 0 Å². The molecule has 0 unspecified atom stereocenters. The van der Waals surface area contributed by atoms with Crippen molar-refractivity contribution >= 4 is 28.4 Å². The number of benzene rings is 2. The number of amides is 1. The highest BCUT2D eigenvalue weighted by Gasteiger charge is 2.15. The van der Waals surface area contributed by atoms with Crippen LogP contribution in [-0.2, 0) is 10.5 Å². The third-order valence-corrected chi connectivity index (χ3v) is 5.01. The summed E-state index contributed by atoms with van der Waals surface area (Å²) in [6.45, 7) is 1.91. The SMILES string of the molecule is O=C(CSCc1ccc2ccccc2c1)N1CCCCC1. The zero-order valence-electron chi connectivity index (χ0n) is 12.3. The van der Waals surface area contributed by atoms with Gasteiger partial charge in [0, 0.05) is 18.8 Å². The van der Waals surface area contributed by atoms with Gasteiger partial charge in [0.2, 0.25) is 5.91 Å². The summed E-state index contributed by atoms with van der Waals surface area (Å²) in [5.41, 5.74) is 1.30. The van der Waals surface area contributed by atoms with Crippen molar-refractivity contribution in [3.63, 3.8) is 0 Å². The number of hydrogen-bond acceptors (Lipinski definition) is 2. The molecule has 3 rings (SSSR count). The van der Waals surface area contributed by atoms with Gasteiger partial charge >= 0.3 is 0 Å². The lowest BCUT2D eigenvalue weighted by atomic mass is 10.1. The average Bonchev–Trinajstić information content (AvgIpc) is 2.55. The molecular formula is C18H21NOS. The van der Waals surface area contributed by atoms with Crippen LogP contribution in [0, 0.1) is 0 Å². The highest BCUT2D eigenvalue weighted by molar-refractivity contribution is 7.99. The maximum atomic E-state index is 12.1. The van der Waals surface area contributed by atoms with E-state index in [4.69, 9.17) is 0 Å². The Morgan fingerprint density at radius 2 is 1.76 bits per heavy atom. The first-order chi connectivity index (χ1) is 10.3.